The van der Waals surface area contributed by atoms with Gasteiger partial charge >= 0.3 is 0 Å². The molecular formula is C11H16OS2. The molecule has 14 heavy (non-hydrogen) atoms. The Morgan fingerprint density at radius 3 is 2.71 bits per heavy atom. The van der Waals surface area contributed by atoms with Gasteiger partial charge < -0.3 is 4.74 Å². The highest BCUT2D eigenvalue weighted by atomic mass is 32.1. The van der Waals surface area contributed by atoms with Crippen LogP contribution in [-0.4, -0.2) is 10.5 Å². The molecule has 1 nitrogen and oxygen atoms in total. The third-order valence-electron chi connectivity index (χ3n) is 4.62. The van der Waals surface area contributed by atoms with Crippen LogP contribution in [0, 0.1) is 23.7 Å². The third-order valence-corrected chi connectivity index (χ3v) is 4.82. The van der Waals surface area contributed by atoms with E-state index in [1.807, 2.05) is 0 Å². The molecule has 0 amide bonds. The molecule has 5 atom stereocenters. The molecule has 78 valence electrons. The summed E-state index contributed by atoms with van der Waals surface area (Å²) in [4.78, 5) is 0. The van der Waals surface area contributed by atoms with Crippen molar-refractivity contribution in [3.63, 3.8) is 0 Å². The zero-order chi connectivity index (χ0) is 9.71. The molecule has 3 rings (SSSR count). The standard InChI is InChI=1S/C11H16OS2/c13-11(14)12-10-5-6-4-9(10)8-3-1-2-7(6)8/h6-10H,1-5H2,(H,13,14)/t6-,7?,8?,9-,10-/m0/s1. The minimum absolute atomic E-state index is 0.407. The molecule has 0 spiro atoms. The van der Waals surface area contributed by atoms with Gasteiger partial charge in [-0.1, -0.05) is 19.0 Å². The van der Waals surface area contributed by atoms with E-state index in [9.17, 15) is 0 Å². The van der Waals surface area contributed by atoms with Gasteiger partial charge in [-0.25, -0.2) is 0 Å². The van der Waals surface area contributed by atoms with Crippen molar-refractivity contribution in [1.82, 2.24) is 0 Å². The second kappa shape index (κ2) is 3.38. The molecule has 3 aliphatic rings. The highest BCUT2D eigenvalue weighted by Gasteiger charge is 2.54. The molecule has 0 aromatic carbocycles. The molecule has 0 aromatic heterocycles. The van der Waals surface area contributed by atoms with Gasteiger partial charge in [0, 0.05) is 0 Å². The van der Waals surface area contributed by atoms with Gasteiger partial charge in [-0.15, -0.1) is 0 Å². The normalized spacial score (nSPS) is 49.4. The molecule has 3 saturated carbocycles. The van der Waals surface area contributed by atoms with E-state index in [2.05, 4.69) is 12.6 Å². The number of hydrogen-bond acceptors (Lipinski definition) is 2. The fraction of sp³-hybridized carbons (Fsp3) is 0.909. The Hall–Kier alpha value is 0.240. The summed E-state index contributed by atoms with van der Waals surface area (Å²) in [5.41, 5.74) is 0. The quantitative estimate of drug-likeness (QED) is 0.545. The van der Waals surface area contributed by atoms with Crippen LogP contribution in [0.25, 0.3) is 0 Å². The van der Waals surface area contributed by atoms with Gasteiger partial charge in [-0.2, -0.15) is 0 Å². The summed E-state index contributed by atoms with van der Waals surface area (Å²) < 4.78 is 6.09. The van der Waals surface area contributed by atoms with E-state index >= 15 is 0 Å². The number of thiol groups is 1. The van der Waals surface area contributed by atoms with Gasteiger partial charge in [-0.05, 0) is 61.6 Å². The summed E-state index contributed by atoms with van der Waals surface area (Å²) >= 11 is 8.98. The summed E-state index contributed by atoms with van der Waals surface area (Å²) in [6.07, 6.45) is 7.41. The van der Waals surface area contributed by atoms with E-state index in [0.29, 0.717) is 10.5 Å². The van der Waals surface area contributed by atoms with E-state index in [0.717, 1.165) is 23.7 Å². The summed E-state index contributed by atoms with van der Waals surface area (Å²) in [5, 5.41) is 0. The van der Waals surface area contributed by atoms with Crippen molar-refractivity contribution in [1.29, 1.82) is 0 Å². The maximum atomic E-state index is 5.65. The van der Waals surface area contributed by atoms with Crippen molar-refractivity contribution in [2.45, 2.75) is 38.2 Å². The molecule has 3 aliphatic carbocycles. The molecule has 3 heteroatoms. The average molecular weight is 228 g/mol. The Bertz CT molecular complexity index is 266. The van der Waals surface area contributed by atoms with Crippen molar-refractivity contribution < 1.29 is 4.74 Å². The fourth-order valence-corrected chi connectivity index (χ4v) is 4.53. The zero-order valence-electron chi connectivity index (χ0n) is 8.19. The van der Waals surface area contributed by atoms with Crippen molar-refractivity contribution in [3.05, 3.63) is 0 Å². The van der Waals surface area contributed by atoms with Crippen LogP contribution in [0.1, 0.15) is 32.1 Å². The Morgan fingerprint density at radius 2 is 1.93 bits per heavy atom. The van der Waals surface area contributed by atoms with E-state index < -0.39 is 0 Å². The lowest BCUT2D eigenvalue weighted by Crippen LogP contribution is -2.30. The first kappa shape index (κ1) is 9.46. The predicted molar refractivity (Wildman–Crippen MR) is 63.5 cm³/mol. The molecule has 0 N–H and O–H groups in total. The SMILES string of the molecule is S=C(S)O[C@H]1C[C@@H]2C[C@H]1C1CCCC12. The van der Waals surface area contributed by atoms with E-state index in [1.54, 1.807) is 0 Å². The lowest BCUT2D eigenvalue weighted by Gasteiger charge is -2.31. The zero-order valence-corrected chi connectivity index (χ0v) is 9.90. The van der Waals surface area contributed by atoms with Crippen LogP contribution in [0.3, 0.4) is 0 Å². The maximum absolute atomic E-state index is 5.65. The largest absolute Gasteiger partial charge is 0.475 e. The molecule has 0 saturated heterocycles. The number of ether oxygens (including phenoxy) is 1. The smallest absolute Gasteiger partial charge is 0.217 e. The van der Waals surface area contributed by atoms with Crippen LogP contribution in [0.5, 0.6) is 0 Å². The van der Waals surface area contributed by atoms with Crippen LogP contribution in [-0.2, 0) is 4.74 Å². The van der Waals surface area contributed by atoms with Crippen LogP contribution in [0.15, 0.2) is 0 Å². The lowest BCUT2D eigenvalue weighted by molar-refractivity contribution is 0.0814. The molecular weight excluding hydrogens is 212 g/mol. The molecule has 0 radical (unpaired) electrons. The first-order valence-corrected chi connectivity index (χ1v) is 6.51. The Balaban J connectivity index is 1.73. The highest BCUT2D eigenvalue weighted by molar-refractivity contribution is 8.10. The first-order chi connectivity index (χ1) is 6.75. The molecule has 2 bridgehead atoms. The number of rotatable bonds is 1. The van der Waals surface area contributed by atoms with E-state index in [1.165, 1.54) is 32.1 Å². The summed E-state index contributed by atoms with van der Waals surface area (Å²) in [5.74, 6) is 3.74. The second-order valence-electron chi connectivity index (χ2n) is 5.08. The van der Waals surface area contributed by atoms with Crippen LogP contribution >= 0.6 is 24.8 Å². The average Bonchev–Trinajstić information content (AvgIpc) is 2.68. The Labute approximate surface area is 96.0 Å². The Morgan fingerprint density at radius 1 is 1.14 bits per heavy atom. The first-order valence-electron chi connectivity index (χ1n) is 5.65. The van der Waals surface area contributed by atoms with Crippen molar-refractivity contribution in [2.24, 2.45) is 23.7 Å². The van der Waals surface area contributed by atoms with Crippen LogP contribution in [0.4, 0.5) is 0 Å². The monoisotopic (exact) mass is 228 g/mol. The maximum Gasteiger partial charge on any atom is 0.217 e. The minimum Gasteiger partial charge on any atom is -0.475 e. The van der Waals surface area contributed by atoms with Gasteiger partial charge in [0.05, 0.1) is 0 Å². The van der Waals surface area contributed by atoms with Crippen LogP contribution in [0.2, 0.25) is 0 Å². The number of thiocarbonyl (C=S) groups is 1. The molecule has 3 fully saturated rings. The second-order valence-corrected chi connectivity index (χ2v) is 6.16. The van der Waals surface area contributed by atoms with E-state index in [4.69, 9.17) is 17.0 Å². The predicted octanol–water partition coefficient (Wildman–Crippen LogP) is 3.04. The van der Waals surface area contributed by atoms with Crippen molar-refractivity contribution in [2.75, 3.05) is 0 Å². The summed E-state index contributed by atoms with van der Waals surface area (Å²) in [6, 6.07) is 0. The van der Waals surface area contributed by atoms with Crippen LogP contribution < -0.4 is 0 Å². The summed E-state index contributed by atoms with van der Waals surface area (Å²) in [7, 11) is 0. The Kier molecular flexibility index (Phi) is 2.28. The lowest BCUT2D eigenvalue weighted by atomic mass is 9.80. The van der Waals surface area contributed by atoms with Gasteiger partial charge in [0.1, 0.15) is 6.10 Å². The van der Waals surface area contributed by atoms with Gasteiger partial charge in [0.25, 0.3) is 0 Å². The summed E-state index contributed by atoms with van der Waals surface area (Å²) in [6.45, 7) is 0. The molecule has 0 aromatic rings. The van der Waals surface area contributed by atoms with E-state index in [-0.39, 0.29) is 0 Å². The number of fused-ring (bicyclic) bond motifs is 5. The van der Waals surface area contributed by atoms with Crippen molar-refractivity contribution in [3.8, 4) is 0 Å². The van der Waals surface area contributed by atoms with Crippen molar-refractivity contribution >= 4 is 29.2 Å². The number of hydrogen-bond donors (Lipinski definition) is 1. The highest BCUT2D eigenvalue weighted by Crippen LogP contribution is 2.59. The fourth-order valence-electron chi connectivity index (χ4n) is 4.27. The van der Waals surface area contributed by atoms with Gasteiger partial charge in [0.2, 0.25) is 4.38 Å². The third kappa shape index (κ3) is 1.32. The minimum atomic E-state index is 0.407. The van der Waals surface area contributed by atoms with Gasteiger partial charge in [-0.3, -0.25) is 0 Å². The molecule has 2 unspecified atom stereocenters. The molecule has 0 aliphatic heterocycles. The van der Waals surface area contributed by atoms with Gasteiger partial charge in [0.15, 0.2) is 0 Å². The molecule has 0 heterocycles. The topological polar surface area (TPSA) is 9.23 Å².